The lowest BCUT2D eigenvalue weighted by Gasteiger charge is -2.13. The van der Waals surface area contributed by atoms with Crippen LogP contribution in [-0.4, -0.2) is 38.4 Å². The minimum absolute atomic E-state index is 0.000406. The summed E-state index contributed by atoms with van der Waals surface area (Å²) in [6, 6.07) is 5.33. The zero-order valence-electron chi connectivity index (χ0n) is 20.5. The topological polar surface area (TPSA) is 124 Å². The number of aromatic nitrogens is 3. The van der Waals surface area contributed by atoms with Crippen molar-refractivity contribution in [3.63, 3.8) is 0 Å². The fraction of sp³-hybridized carbons (Fsp3) is 0.240. The zero-order valence-corrected chi connectivity index (χ0v) is 22.0. The average Bonchev–Trinajstić information content (AvgIpc) is 3.61. The molecule has 1 atom stereocenters. The van der Waals surface area contributed by atoms with Gasteiger partial charge in [0.2, 0.25) is 6.10 Å². The minimum atomic E-state index is -2.89. The van der Waals surface area contributed by atoms with E-state index in [4.69, 9.17) is 22.2 Å². The van der Waals surface area contributed by atoms with Gasteiger partial charge in [-0.25, -0.2) is 18.2 Å². The highest BCUT2D eigenvalue weighted by Crippen LogP contribution is 2.43. The van der Waals surface area contributed by atoms with Crippen molar-refractivity contribution in [2.45, 2.75) is 39.3 Å². The van der Waals surface area contributed by atoms with Crippen LogP contribution in [0.5, 0.6) is 0 Å². The summed E-state index contributed by atoms with van der Waals surface area (Å²) in [6.07, 6.45) is -2.66. The van der Waals surface area contributed by atoms with Crippen molar-refractivity contribution in [1.29, 1.82) is 0 Å². The molecule has 0 saturated carbocycles. The number of oxime groups is 1. The molecule has 9 nitrogen and oxygen atoms in total. The third-order valence-electron chi connectivity index (χ3n) is 6.28. The monoisotopic (exact) mass is 576 g/mol. The SMILES string of the molecule is CCn1ncc(-c2cc(C(F)F)nc3sc(C(N)=O)c(NC(=O)C4CC(c5c(F)cccc5Cl)=NO4)c23)c1C. The number of benzene rings is 1. The van der Waals surface area contributed by atoms with E-state index >= 15 is 0 Å². The minimum Gasteiger partial charge on any atom is -0.382 e. The number of pyridine rings is 1. The molecular formula is C25H20ClF3N6O3S. The van der Waals surface area contributed by atoms with E-state index in [0.717, 1.165) is 11.3 Å². The van der Waals surface area contributed by atoms with Gasteiger partial charge in [-0.05, 0) is 37.6 Å². The number of hydrogen-bond acceptors (Lipinski definition) is 7. The molecule has 202 valence electrons. The van der Waals surface area contributed by atoms with Gasteiger partial charge in [-0.15, -0.1) is 11.3 Å². The number of nitrogens with zero attached hydrogens (tertiary/aromatic N) is 4. The Hall–Kier alpha value is -3.97. The summed E-state index contributed by atoms with van der Waals surface area (Å²) >= 11 is 6.89. The van der Waals surface area contributed by atoms with Crippen LogP contribution in [0.3, 0.4) is 0 Å². The number of alkyl halides is 2. The van der Waals surface area contributed by atoms with E-state index in [2.05, 4.69) is 20.6 Å². The van der Waals surface area contributed by atoms with Crippen LogP contribution >= 0.6 is 22.9 Å². The van der Waals surface area contributed by atoms with Crippen molar-refractivity contribution < 1.29 is 27.6 Å². The second-order valence-electron chi connectivity index (χ2n) is 8.63. The number of hydrogen-bond donors (Lipinski definition) is 2. The van der Waals surface area contributed by atoms with Gasteiger partial charge in [0, 0.05) is 29.6 Å². The van der Waals surface area contributed by atoms with Crippen LogP contribution in [0.1, 0.15) is 46.4 Å². The summed E-state index contributed by atoms with van der Waals surface area (Å²) in [5.41, 5.74) is 6.75. The summed E-state index contributed by atoms with van der Waals surface area (Å²) in [5.74, 6) is -2.23. The lowest BCUT2D eigenvalue weighted by atomic mass is 10.0. The number of amides is 2. The Balaban J connectivity index is 1.57. The quantitative estimate of drug-likeness (QED) is 0.303. The van der Waals surface area contributed by atoms with E-state index in [9.17, 15) is 22.8 Å². The Morgan fingerprint density at radius 1 is 1.33 bits per heavy atom. The molecule has 3 N–H and O–H groups in total. The molecule has 14 heteroatoms. The highest BCUT2D eigenvalue weighted by Gasteiger charge is 2.33. The molecule has 0 bridgehead atoms. The number of primary amides is 1. The number of nitrogens with one attached hydrogen (secondary N) is 1. The second-order valence-corrected chi connectivity index (χ2v) is 10.0. The Morgan fingerprint density at radius 3 is 2.74 bits per heavy atom. The third-order valence-corrected chi connectivity index (χ3v) is 7.70. The maximum atomic E-state index is 14.4. The summed E-state index contributed by atoms with van der Waals surface area (Å²) in [5, 5.41) is 11.1. The Kier molecular flexibility index (Phi) is 7.03. The van der Waals surface area contributed by atoms with Crippen LogP contribution in [0.15, 0.2) is 35.6 Å². The first-order valence-corrected chi connectivity index (χ1v) is 12.9. The number of nitrogens with two attached hydrogens (primary N) is 1. The Labute approximate surface area is 228 Å². The number of fused-ring (bicyclic) bond motifs is 1. The molecule has 1 aliphatic rings. The van der Waals surface area contributed by atoms with Crippen LogP contribution in [0.2, 0.25) is 5.02 Å². The maximum absolute atomic E-state index is 14.4. The largest absolute Gasteiger partial charge is 0.382 e. The number of carbonyl (C=O) groups excluding carboxylic acids is 2. The standard InChI is InChI=1S/C25H20ClF3N6O3S/c1-3-35-10(2)12(9-31-35)11-7-16(22(28)29)32-25-18(11)20(21(39-25)23(30)36)33-24(37)17-8-15(34-38-17)19-13(26)5-4-6-14(19)27/h4-7,9,17,22H,3,8H2,1-2H3,(H2,30,36)(H,33,37). The highest BCUT2D eigenvalue weighted by atomic mass is 35.5. The molecule has 4 aromatic rings. The van der Waals surface area contributed by atoms with Crippen LogP contribution in [0.4, 0.5) is 18.9 Å². The average molecular weight is 577 g/mol. The lowest BCUT2D eigenvalue weighted by Crippen LogP contribution is -2.29. The number of halogens is 4. The Bertz CT molecular complexity index is 1650. The molecule has 1 aliphatic heterocycles. The van der Waals surface area contributed by atoms with Crippen molar-refractivity contribution in [2.24, 2.45) is 10.9 Å². The predicted molar refractivity (Wildman–Crippen MR) is 141 cm³/mol. The van der Waals surface area contributed by atoms with Crippen molar-refractivity contribution in [3.8, 4) is 11.1 Å². The van der Waals surface area contributed by atoms with E-state index in [0.29, 0.717) is 23.4 Å². The van der Waals surface area contributed by atoms with Gasteiger partial charge >= 0.3 is 0 Å². The molecule has 0 fully saturated rings. The molecule has 0 spiro atoms. The van der Waals surface area contributed by atoms with Gasteiger partial charge in [-0.3, -0.25) is 14.3 Å². The van der Waals surface area contributed by atoms with E-state index in [1.165, 1.54) is 30.5 Å². The first kappa shape index (κ1) is 26.6. The van der Waals surface area contributed by atoms with E-state index in [-0.39, 0.29) is 43.5 Å². The van der Waals surface area contributed by atoms with Crippen LogP contribution < -0.4 is 11.1 Å². The maximum Gasteiger partial charge on any atom is 0.280 e. The molecule has 0 aliphatic carbocycles. The first-order chi connectivity index (χ1) is 18.6. The van der Waals surface area contributed by atoms with Crippen LogP contribution in [0.25, 0.3) is 21.3 Å². The van der Waals surface area contributed by atoms with Gasteiger partial charge in [-0.1, -0.05) is 22.8 Å². The molecule has 2 amide bonds. The lowest BCUT2D eigenvalue weighted by molar-refractivity contribution is -0.125. The summed E-state index contributed by atoms with van der Waals surface area (Å²) in [6.45, 7) is 4.19. The van der Waals surface area contributed by atoms with Gasteiger partial charge in [-0.2, -0.15) is 5.10 Å². The Morgan fingerprint density at radius 2 is 2.10 bits per heavy atom. The van der Waals surface area contributed by atoms with Gasteiger partial charge in [0.05, 0.1) is 28.2 Å². The molecule has 0 saturated heterocycles. The van der Waals surface area contributed by atoms with Gasteiger partial charge < -0.3 is 15.9 Å². The first-order valence-electron chi connectivity index (χ1n) is 11.7. The zero-order chi connectivity index (χ0) is 28.0. The summed E-state index contributed by atoms with van der Waals surface area (Å²) in [4.78, 5) is 34.9. The van der Waals surface area contributed by atoms with Crippen LogP contribution in [0, 0.1) is 12.7 Å². The molecule has 4 heterocycles. The third kappa shape index (κ3) is 4.72. The van der Waals surface area contributed by atoms with Gasteiger partial charge in [0.15, 0.2) is 0 Å². The number of rotatable bonds is 7. The molecule has 1 unspecified atom stereocenters. The number of aryl methyl sites for hydroxylation is 1. The van der Waals surface area contributed by atoms with E-state index in [1.54, 1.807) is 11.6 Å². The molecular weight excluding hydrogens is 557 g/mol. The molecule has 39 heavy (non-hydrogen) atoms. The molecule has 1 aromatic carbocycles. The van der Waals surface area contributed by atoms with Crippen molar-refractivity contribution in [1.82, 2.24) is 14.8 Å². The van der Waals surface area contributed by atoms with E-state index in [1.807, 2.05) is 6.92 Å². The number of anilines is 1. The predicted octanol–water partition coefficient (Wildman–Crippen LogP) is 5.45. The highest BCUT2D eigenvalue weighted by molar-refractivity contribution is 7.21. The van der Waals surface area contributed by atoms with Crippen molar-refractivity contribution >= 4 is 56.4 Å². The number of thiophene rings is 1. The molecule has 0 radical (unpaired) electrons. The summed E-state index contributed by atoms with van der Waals surface area (Å²) in [7, 11) is 0. The fourth-order valence-electron chi connectivity index (χ4n) is 4.41. The smallest absolute Gasteiger partial charge is 0.280 e. The van der Waals surface area contributed by atoms with Crippen molar-refractivity contribution in [3.05, 3.63) is 63.1 Å². The van der Waals surface area contributed by atoms with Crippen molar-refractivity contribution in [2.75, 3.05) is 5.32 Å². The van der Waals surface area contributed by atoms with Gasteiger partial charge in [0.25, 0.3) is 18.2 Å². The van der Waals surface area contributed by atoms with Gasteiger partial charge in [0.1, 0.15) is 21.2 Å². The molecule has 3 aromatic heterocycles. The second kappa shape index (κ2) is 10.3. The summed E-state index contributed by atoms with van der Waals surface area (Å²) < 4.78 is 43.6. The normalized spacial score (nSPS) is 15.1. The molecule has 5 rings (SSSR count). The van der Waals surface area contributed by atoms with Crippen LogP contribution in [-0.2, 0) is 16.2 Å². The fourth-order valence-corrected chi connectivity index (χ4v) is 5.69. The number of carbonyl (C=O) groups is 2. The van der Waals surface area contributed by atoms with E-state index < -0.39 is 35.9 Å².